The zero-order valence-electron chi connectivity index (χ0n) is 8.20. The Kier molecular flexibility index (Phi) is 3.33. The Morgan fingerprint density at radius 1 is 1.12 bits per heavy atom. The number of aromatic nitrogens is 1. The molecule has 0 aliphatic carbocycles. The first-order chi connectivity index (χ1) is 7.68. The normalized spacial score (nSPS) is 12.6. The van der Waals surface area contributed by atoms with Crippen LogP contribution in [0, 0.1) is 0 Å². The van der Waals surface area contributed by atoms with E-state index in [1.165, 1.54) is 0 Å². The third-order valence-electron chi connectivity index (χ3n) is 2.16. The van der Waals surface area contributed by atoms with E-state index in [-0.39, 0.29) is 16.3 Å². The van der Waals surface area contributed by atoms with Crippen LogP contribution in [0.25, 0.3) is 0 Å². The lowest BCUT2D eigenvalue weighted by Gasteiger charge is -2.09. The lowest BCUT2D eigenvalue weighted by molar-refractivity contribution is 0.155. The van der Waals surface area contributed by atoms with Gasteiger partial charge >= 0.3 is 9.75 Å². The molecule has 16 heavy (non-hydrogen) atoms. The molecule has 0 aliphatic rings. The van der Waals surface area contributed by atoms with E-state index in [1.807, 2.05) is 6.07 Å². The Hall–Kier alpha value is -1.24. The first-order valence-electron chi connectivity index (χ1n) is 4.61. The zero-order chi connectivity index (χ0) is 11.5. The Bertz CT molecular complexity index is 542. The van der Waals surface area contributed by atoms with E-state index in [0.717, 1.165) is 25.2 Å². The van der Waals surface area contributed by atoms with E-state index in [2.05, 4.69) is 0 Å². The van der Waals surface area contributed by atoms with Gasteiger partial charge in [-0.15, -0.1) is 0 Å². The number of hydrogen-bond donors (Lipinski definition) is 1. The molecular weight excluding hydrogens is 246 g/mol. The van der Waals surface area contributed by atoms with Crippen LogP contribution in [-0.2, 0) is 6.54 Å². The highest BCUT2D eigenvalue weighted by Crippen LogP contribution is 2.13. The van der Waals surface area contributed by atoms with Gasteiger partial charge in [0.25, 0.3) is 0 Å². The molecule has 0 fully saturated rings. The number of rotatable bonds is 3. The maximum atomic E-state index is 11.3. The van der Waals surface area contributed by atoms with Crippen molar-refractivity contribution in [3.05, 3.63) is 55.2 Å². The highest BCUT2D eigenvalue weighted by molar-refractivity contribution is 7.67. The van der Waals surface area contributed by atoms with Crippen molar-refractivity contribution in [1.29, 1.82) is 0 Å². The molecule has 2 aromatic rings. The minimum absolute atomic E-state index is 0.0156. The fourth-order valence-corrected chi connectivity index (χ4v) is 3.00. The van der Waals surface area contributed by atoms with Crippen molar-refractivity contribution in [1.82, 2.24) is 4.57 Å². The average Bonchev–Trinajstić information content (AvgIpc) is 2.62. The van der Waals surface area contributed by atoms with Gasteiger partial charge in [0.1, 0.15) is 0 Å². The fourth-order valence-electron chi connectivity index (χ4n) is 1.34. The van der Waals surface area contributed by atoms with Gasteiger partial charge in [-0.25, -0.2) is 0 Å². The molecule has 0 aliphatic heterocycles. The summed E-state index contributed by atoms with van der Waals surface area (Å²) in [5.74, 6) is 0. The predicted octanol–water partition coefficient (Wildman–Crippen LogP) is 1.07. The SMILES string of the molecule is O=c1ssc(=O)n1CC(O)c1ccccc1. The van der Waals surface area contributed by atoms with Crippen LogP contribution in [0.15, 0.2) is 39.9 Å². The second-order valence-electron chi connectivity index (χ2n) is 3.24. The van der Waals surface area contributed by atoms with E-state index in [0.29, 0.717) is 5.56 Å². The van der Waals surface area contributed by atoms with Gasteiger partial charge in [0, 0.05) is 0 Å². The molecule has 1 aromatic carbocycles. The smallest absolute Gasteiger partial charge is 0.320 e. The molecule has 0 radical (unpaired) electrons. The van der Waals surface area contributed by atoms with E-state index < -0.39 is 6.10 Å². The molecule has 1 atom stereocenters. The fraction of sp³-hybridized carbons (Fsp3) is 0.200. The van der Waals surface area contributed by atoms with Crippen molar-refractivity contribution in [2.45, 2.75) is 12.6 Å². The number of benzene rings is 1. The van der Waals surface area contributed by atoms with Crippen LogP contribution in [0.4, 0.5) is 0 Å². The van der Waals surface area contributed by atoms with E-state index in [1.54, 1.807) is 24.3 Å². The van der Waals surface area contributed by atoms with Gasteiger partial charge in [0.2, 0.25) is 0 Å². The van der Waals surface area contributed by atoms with Crippen LogP contribution < -0.4 is 9.75 Å². The maximum Gasteiger partial charge on any atom is 0.320 e. The van der Waals surface area contributed by atoms with Crippen molar-refractivity contribution >= 4 is 20.7 Å². The molecule has 0 bridgehead atoms. The number of hydrogen-bond acceptors (Lipinski definition) is 5. The molecule has 6 heteroatoms. The molecule has 1 unspecified atom stereocenters. The summed E-state index contributed by atoms with van der Waals surface area (Å²) in [7, 11) is 1.79. The summed E-state index contributed by atoms with van der Waals surface area (Å²) >= 11 is 0. The van der Waals surface area contributed by atoms with Crippen LogP contribution >= 0.6 is 20.7 Å². The summed E-state index contributed by atoms with van der Waals surface area (Å²) in [5, 5.41) is 9.85. The summed E-state index contributed by atoms with van der Waals surface area (Å²) in [6, 6.07) is 8.96. The van der Waals surface area contributed by atoms with Gasteiger partial charge in [-0.3, -0.25) is 14.2 Å². The average molecular weight is 255 g/mol. The summed E-state index contributed by atoms with van der Waals surface area (Å²) in [6.45, 7) is 0.0156. The Morgan fingerprint density at radius 2 is 1.69 bits per heavy atom. The third kappa shape index (κ3) is 2.29. The van der Waals surface area contributed by atoms with Crippen molar-refractivity contribution in [3.8, 4) is 0 Å². The number of aliphatic hydroxyl groups is 1. The molecule has 0 saturated heterocycles. The van der Waals surface area contributed by atoms with Crippen molar-refractivity contribution in [2.75, 3.05) is 0 Å². The van der Waals surface area contributed by atoms with Crippen molar-refractivity contribution in [3.63, 3.8) is 0 Å². The first-order valence-corrected chi connectivity index (χ1v) is 6.76. The number of aliphatic hydroxyl groups excluding tert-OH is 1. The standard InChI is InChI=1S/C10H9NO3S2/c12-8(7-4-2-1-3-5-7)6-11-9(13)15-16-10(11)14/h1-5,8,12H,6H2. The molecule has 84 valence electrons. The molecule has 2 rings (SSSR count). The molecule has 1 N–H and O–H groups in total. The van der Waals surface area contributed by atoms with Crippen molar-refractivity contribution in [2.24, 2.45) is 0 Å². The van der Waals surface area contributed by atoms with Crippen LogP contribution in [-0.4, -0.2) is 9.67 Å². The topological polar surface area (TPSA) is 59.3 Å². The molecule has 0 saturated carbocycles. The zero-order valence-corrected chi connectivity index (χ0v) is 9.83. The molecule has 0 amide bonds. The summed E-state index contributed by atoms with van der Waals surface area (Å²) in [4.78, 5) is 21.9. The monoisotopic (exact) mass is 255 g/mol. The van der Waals surface area contributed by atoms with Gasteiger partial charge < -0.3 is 5.11 Å². The second-order valence-corrected chi connectivity index (χ2v) is 5.27. The summed E-state index contributed by atoms with van der Waals surface area (Å²) < 4.78 is 1.06. The number of nitrogens with zero attached hydrogens (tertiary/aromatic N) is 1. The van der Waals surface area contributed by atoms with Gasteiger partial charge in [-0.05, 0) is 26.2 Å². The minimum Gasteiger partial charge on any atom is -0.387 e. The Labute approximate surface area is 98.4 Å². The van der Waals surface area contributed by atoms with Crippen LogP contribution in [0.5, 0.6) is 0 Å². The largest absolute Gasteiger partial charge is 0.387 e. The minimum atomic E-state index is -0.826. The van der Waals surface area contributed by atoms with Crippen LogP contribution in [0.2, 0.25) is 0 Å². The third-order valence-corrected chi connectivity index (χ3v) is 4.08. The van der Waals surface area contributed by atoms with E-state index in [4.69, 9.17) is 0 Å². The summed E-state index contributed by atoms with van der Waals surface area (Å²) in [6.07, 6.45) is -0.826. The van der Waals surface area contributed by atoms with Crippen molar-refractivity contribution < 1.29 is 5.11 Å². The van der Waals surface area contributed by atoms with E-state index in [9.17, 15) is 14.7 Å². The highest BCUT2D eigenvalue weighted by atomic mass is 32.9. The maximum absolute atomic E-state index is 11.3. The van der Waals surface area contributed by atoms with Gasteiger partial charge in [0.05, 0.1) is 12.6 Å². The second kappa shape index (κ2) is 4.73. The van der Waals surface area contributed by atoms with Gasteiger partial charge in [-0.2, -0.15) is 0 Å². The predicted molar refractivity (Wildman–Crippen MR) is 64.1 cm³/mol. The molecule has 1 heterocycles. The first kappa shape index (κ1) is 11.3. The Morgan fingerprint density at radius 3 is 2.25 bits per heavy atom. The Balaban J connectivity index is 2.24. The van der Waals surface area contributed by atoms with Gasteiger partial charge in [-0.1, -0.05) is 30.3 Å². The van der Waals surface area contributed by atoms with Crippen LogP contribution in [0.1, 0.15) is 11.7 Å². The van der Waals surface area contributed by atoms with Gasteiger partial charge in [0.15, 0.2) is 0 Å². The van der Waals surface area contributed by atoms with Crippen LogP contribution in [0.3, 0.4) is 0 Å². The van der Waals surface area contributed by atoms with E-state index >= 15 is 0 Å². The lowest BCUT2D eigenvalue weighted by atomic mass is 10.1. The quantitative estimate of drug-likeness (QED) is 0.834. The summed E-state index contributed by atoms with van der Waals surface area (Å²) in [5.41, 5.74) is 0.699. The molecule has 0 spiro atoms. The molecule has 1 aromatic heterocycles. The lowest BCUT2D eigenvalue weighted by Crippen LogP contribution is -2.27. The molecular formula is C10H9NO3S2. The highest BCUT2D eigenvalue weighted by Gasteiger charge is 2.12. The molecule has 4 nitrogen and oxygen atoms in total.